The molecule has 1 heterocycles. The maximum absolute atomic E-state index is 13.0. The highest BCUT2D eigenvalue weighted by molar-refractivity contribution is 6.23. The second-order valence-electron chi connectivity index (χ2n) is 9.61. The third-order valence-corrected chi connectivity index (χ3v) is 6.54. The Kier molecular flexibility index (Phi) is 10.6. The van der Waals surface area contributed by atoms with Crippen molar-refractivity contribution >= 4 is 23.6 Å². The maximum atomic E-state index is 13.0. The summed E-state index contributed by atoms with van der Waals surface area (Å²) in [6.07, 6.45) is 5.35. The van der Waals surface area contributed by atoms with E-state index >= 15 is 0 Å². The van der Waals surface area contributed by atoms with Gasteiger partial charge in [-0.2, -0.15) is 0 Å². The number of rotatable bonds is 2. The number of aliphatic hydroxyl groups excluding tert-OH is 1. The minimum absolute atomic E-state index is 0.0796. The molecule has 37 heavy (non-hydrogen) atoms. The number of nitrogens with two attached hydrogens (primary N) is 2. The first-order valence-corrected chi connectivity index (χ1v) is 12.2. The van der Waals surface area contributed by atoms with Crippen molar-refractivity contribution in [1.82, 2.24) is 5.32 Å². The SMILES string of the molecule is CO[C@H]1/C=C\C=C(/C)C(=O)NC2=CC(=O)C(N)=C(C[C@@H](C)CC[C@H](O)[C@@H](C)/C=C(\C)[C@@H]1OC(N)=O)C2=O. The first-order valence-electron chi connectivity index (χ1n) is 12.2. The Morgan fingerprint density at radius 3 is 2.46 bits per heavy atom. The highest BCUT2D eigenvalue weighted by Gasteiger charge is 2.30. The summed E-state index contributed by atoms with van der Waals surface area (Å²) in [4.78, 5) is 49.8. The zero-order valence-electron chi connectivity index (χ0n) is 21.9. The molecule has 2 amide bonds. The van der Waals surface area contributed by atoms with Crippen molar-refractivity contribution in [3.05, 3.63) is 58.5 Å². The van der Waals surface area contributed by atoms with E-state index in [-0.39, 0.29) is 40.8 Å². The fourth-order valence-corrected chi connectivity index (χ4v) is 4.25. The number of amides is 2. The van der Waals surface area contributed by atoms with Crippen LogP contribution in [-0.4, -0.2) is 54.1 Å². The highest BCUT2D eigenvalue weighted by Crippen LogP contribution is 2.27. The number of nitrogens with one attached hydrogen (secondary N) is 1. The Labute approximate surface area is 217 Å². The monoisotopic (exact) mass is 515 g/mol. The summed E-state index contributed by atoms with van der Waals surface area (Å²) < 4.78 is 10.8. The molecule has 2 bridgehead atoms. The molecular formula is C27H37N3O7. The molecule has 10 nitrogen and oxygen atoms in total. The van der Waals surface area contributed by atoms with Crippen molar-refractivity contribution in [2.24, 2.45) is 23.3 Å². The highest BCUT2D eigenvalue weighted by atomic mass is 16.6. The van der Waals surface area contributed by atoms with Crippen LogP contribution in [0.5, 0.6) is 0 Å². The smallest absolute Gasteiger partial charge is 0.405 e. The quantitative estimate of drug-likeness (QED) is 0.320. The Balaban J connectivity index is 2.49. The molecule has 0 saturated carbocycles. The molecule has 0 radical (unpaired) electrons. The first kappa shape index (κ1) is 29.7. The molecule has 0 spiro atoms. The minimum Gasteiger partial charge on any atom is -0.439 e. The van der Waals surface area contributed by atoms with E-state index in [4.69, 9.17) is 20.9 Å². The number of fused-ring (bicyclic) bond motifs is 2. The number of methoxy groups -OCH3 is 1. The molecule has 1 aliphatic heterocycles. The lowest BCUT2D eigenvalue weighted by atomic mass is 9.86. The van der Waals surface area contributed by atoms with E-state index in [1.165, 1.54) is 13.2 Å². The van der Waals surface area contributed by atoms with E-state index < -0.39 is 41.9 Å². The average Bonchev–Trinajstić information content (AvgIpc) is 2.84. The number of carbonyl (C=O) groups is 4. The van der Waals surface area contributed by atoms with Crippen LogP contribution in [0.4, 0.5) is 4.79 Å². The molecule has 0 saturated heterocycles. The van der Waals surface area contributed by atoms with Crippen LogP contribution in [0.15, 0.2) is 58.5 Å². The summed E-state index contributed by atoms with van der Waals surface area (Å²) in [7, 11) is 1.44. The standard InChI is InChI=1S/C27H37N3O7/c1-14-9-10-20(31)16(3)12-17(4)25(37-27(29)35)22(36-5)8-6-7-15(2)26(34)30-19-13-21(32)23(28)18(11-14)24(19)33/h6-8,12-14,16,20,22,25,31H,9-11,28H2,1-5H3,(H2,29,35)(H,30,34)/b8-6-,15-7+,17-12+/t14-,16-,20-,22-,25-/m0/s1. The van der Waals surface area contributed by atoms with Crippen LogP contribution in [0, 0.1) is 11.8 Å². The predicted octanol–water partition coefficient (Wildman–Crippen LogP) is 2.10. The van der Waals surface area contributed by atoms with Gasteiger partial charge < -0.3 is 31.4 Å². The van der Waals surface area contributed by atoms with Crippen molar-refractivity contribution in [2.75, 3.05) is 7.11 Å². The number of allylic oxidation sites excluding steroid dienone is 4. The van der Waals surface area contributed by atoms with Gasteiger partial charge in [0.1, 0.15) is 6.10 Å². The normalized spacial score (nSPS) is 32.4. The van der Waals surface area contributed by atoms with Gasteiger partial charge in [-0.05, 0) is 44.6 Å². The van der Waals surface area contributed by atoms with E-state index in [1.54, 1.807) is 32.1 Å². The lowest BCUT2D eigenvalue weighted by Crippen LogP contribution is -2.35. The van der Waals surface area contributed by atoms with Gasteiger partial charge in [0, 0.05) is 30.2 Å². The van der Waals surface area contributed by atoms with E-state index in [2.05, 4.69) is 5.32 Å². The largest absolute Gasteiger partial charge is 0.439 e. The van der Waals surface area contributed by atoms with Gasteiger partial charge >= 0.3 is 6.09 Å². The second kappa shape index (κ2) is 13.2. The number of Topliss-reactive ketones (excluding diaryl/α,β-unsaturated/α-hetero) is 1. The summed E-state index contributed by atoms with van der Waals surface area (Å²) in [5, 5.41) is 13.3. The summed E-state index contributed by atoms with van der Waals surface area (Å²) in [6.45, 7) is 7.03. The van der Waals surface area contributed by atoms with Crippen LogP contribution in [0.1, 0.15) is 47.0 Å². The molecule has 0 aromatic rings. The molecule has 2 aliphatic rings. The molecule has 2 rings (SSSR count). The summed E-state index contributed by atoms with van der Waals surface area (Å²) in [5.74, 6) is -1.99. The number of hydrogen-bond donors (Lipinski definition) is 4. The molecule has 202 valence electrons. The van der Waals surface area contributed by atoms with Crippen molar-refractivity contribution in [2.45, 2.75) is 65.3 Å². The molecule has 10 heteroatoms. The van der Waals surface area contributed by atoms with Gasteiger partial charge in [-0.3, -0.25) is 14.4 Å². The van der Waals surface area contributed by atoms with Crippen molar-refractivity contribution < 1.29 is 33.8 Å². The van der Waals surface area contributed by atoms with Crippen LogP contribution in [-0.2, 0) is 23.9 Å². The maximum Gasteiger partial charge on any atom is 0.405 e. The molecule has 0 aromatic heterocycles. The van der Waals surface area contributed by atoms with Crippen LogP contribution in [0.2, 0.25) is 0 Å². The summed E-state index contributed by atoms with van der Waals surface area (Å²) in [5.41, 5.74) is 12.0. The Hall–Kier alpha value is -3.50. The van der Waals surface area contributed by atoms with E-state index in [9.17, 15) is 24.3 Å². The van der Waals surface area contributed by atoms with Gasteiger partial charge in [-0.1, -0.05) is 38.2 Å². The van der Waals surface area contributed by atoms with Gasteiger partial charge in [0.05, 0.1) is 17.5 Å². The van der Waals surface area contributed by atoms with Crippen LogP contribution >= 0.6 is 0 Å². The average molecular weight is 516 g/mol. The third kappa shape index (κ3) is 7.99. The molecule has 6 N–H and O–H groups in total. The molecular weight excluding hydrogens is 478 g/mol. The van der Waals surface area contributed by atoms with Crippen molar-refractivity contribution in [1.29, 1.82) is 0 Å². The van der Waals surface area contributed by atoms with Gasteiger partial charge in [0.15, 0.2) is 6.10 Å². The van der Waals surface area contributed by atoms with Crippen LogP contribution in [0.25, 0.3) is 0 Å². The second-order valence-corrected chi connectivity index (χ2v) is 9.61. The molecule has 0 aromatic carbocycles. The van der Waals surface area contributed by atoms with Gasteiger partial charge in [0.2, 0.25) is 11.6 Å². The topological polar surface area (TPSA) is 171 Å². The van der Waals surface area contributed by atoms with E-state index in [0.717, 1.165) is 6.08 Å². The van der Waals surface area contributed by atoms with Crippen molar-refractivity contribution in [3.63, 3.8) is 0 Å². The zero-order chi connectivity index (χ0) is 27.9. The fraction of sp³-hybridized carbons (Fsp3) is 0.481. The number of ketones is 2. The minimum atomic E-state index is -0.980. The van der Waals surface area contributed by atoms with E-state index in [1.807, 2.05) is 13.8 Å². The summed E-state index contributed by atoms with van der Waals surface area (Å²) >= 11 is 0. The Morgan fingerprint density at radius 1 is 1.16 bits per heavy atom. The predicted molar refractivity (Wildman–Crippen MR) is 138 cm³/mol. The number of primary amides is 1. The molecule has 0 fully saturated rings. The summed E-state index contributed by atoms with van der Waals surface area (Å²) in [6, 6.07) is 0. The lowest BCUT2D eigenvalue weighted by molar-refractivity contribution is -0.120. The number of ether oxygens (including phenoxy) is 2. The Bertz CT molecular complexity index is 1080. The van der Waals surface area contributed by atoms with Gasteiger partial charge in [-0.15, -0.1) is 0 Å². The zero-order valence-corrected chi connectivity index (χ0v) is 21.9. The van der Waals surface area contributed by atoms with Crippen LogP contribution in [0.3, 0.4) is 0 Å². The van der Waals surface area contributed by atoms with Crippen molar-refractivity contribution in [3.8, 4) is 0 Å². The lowest BCUT2D eigenvalue weighted by Gasteiger charge is -2.26. The van der Waals surface area contributed by atoms with E-state index in [0.29, 0.717) is 18.4 Å². The Morgan fingerprint density at radius 2 is 1.84 bits per heavy atom. The number of hydrogen-bond acceptors (Lipinski definition) is 8. The molecule has 0 unspecified atom stereocenters. The van der Waals surface area contributed by atoms with Gasteiger partial charge in [0.25, 0.3) is 5.91 Å². The molecule has 1 aliphatic carbocycles. The third-order valence-electron chi connectivity index (χ3n) is 6.54. The first-order chi connectivity index (χ1) is 17.3. The number of aliphatic hydroxyl groups is 1. The molecule has 5 atom stereocenters. The fourth-order valence-electron chi connectivity index (χ4n) is 4.25. The van der Waals surface area contributed by atoms with Gasteiger partial charge in [-0.25, -0.2) is 4.79 Å². The number of carbonyl (C=O) groups excluding carboxylic acids is 4. The van der Waals surface area contributed by atoms with Crippen LogP contribution < -0.4 is 16.8 Å².